The molecule has 3 N–H and O–H groups in total. The van der Waals surface area contributed by atoms with Gasteiger partial charge < -0.3 is 15.0 Å². The van der Waals surface area contributed by atoms with Gasteiger partial charge in [-0.05, 0) is 48.9 Å². The summed E-state index contributed by atoms with van der Waals surface area (Å²) < 4.78 is 5.33. The van der Waals surface area contributed by atoms with Crippen LogP contribution in [0.4, 0.5) is 0 Å². The highest BCUT2D eigenvalue weighted by Gasteiger charge is 2.48. The fraction of sp³-hybridized carbons (Fsp3) is 0.370. The molecule has 0 saturated carbocycles. The zero-order valence-electron chi connectivity index (χ0n) is 20.6. The van der Waals surface area contributed by atoms with E-state index in [0.29, 0.717) is 11.0 Å². The molecule has 0 aliphatic carbocycles. The van der Waals surface area contributed by atoms with Crippen LogP contribution >= 0.6 is 0 Å². The number of nitrogens with zero attached hydrogens (tertiary/aromatic N) is 2. The lowest BCUT2D eigenvalue weighted by molar-refractivity contribution is -0.191. The highest BCUT2D eigenvalue weighted by Crippen LogP contribution is 2.38. The number of carbonyl (C=O) groups excluding carboxylic acids is 3. The number of benzene rings is 2. The fourth-order valence-corrected chi connectivity index (χ4v) is 4.54. The summed E-state index contributed by atoms with van der Waals surface area (Å²) in [5.41, 5.74) is 3.07. The molecule has 0 unspecified atom stereocenters. The summed E-state index contributed by atoms with van der Waals surface area (Å²) in [6.45, 7) is 6.16. The lowest BCUT2D eigenvalue weighted by atomic mass is 9.78. The van der Waals surface area contributed by atoms with E-state index in [2.05, 4.69) is 34.2 Å². The Morgan fingerprint density at radius 1 is 1.03 bits per heavy atom. The van der Waals surface area contributed by atoms with E-state index in [4.69, 9.17) is 9.94 Å². The minimum absolute atomic E-state index is 0.273. The van der Waals surface area contributed by atoms with Crippen LogP contribution in [0.1, 0.15) is 34.0 Å². The lowest BCUT2D eigenvalue weighted by Crippen LogP contribution is -2.65. The third-order valence-corrected chi connectivity index (χ3v) is 6.97. The highest BCUT2D eigenvalue weighted by molar-refractivity contribution is 6.12. The van der Waals surface area contributed by atoms with Gasteiger partial charge in [0.1, 0.15) is 0 Å². The van der Waals surface area contributed by atoms with Crippen molar-refractivity contribution in [2.24, 2.45) is 5.41 Å². The van der Waals surface area contributed by atoms with Gasteiger partial charge in [0.05, 0.1) is 13.2 Å². The molecule has 2 fully saturated rings. The number of ether oxygens (including phenoxy) is 1. The Kier molecular flexibility index (Phi) is 7.13. The maximum absolute atomic E-state index is 13.0. The van der Waals surface area contributed by atoms with E-state index in [1.54, 1.807) is 24.3 Å². The largest absolute Gasteiger partial charge is 0.380 e. The molecular weight excluding hydrogens is 460 g/mol. The van der Waals surface area contributed by atoms with Crippen LogP contribution < -0.4 is 10.8 Å². The van der Waals surface area contributed by atoms with Crippen LogP contribution in [0.25, 0.3) is 0 Å². The van der Waals surface area contributed by atoms with Gasteiger partial charge in [0.2, 0.25) is 0 Å². The van der Waals surface area contributed by atoms with E-state index in [-0.39, 0.29) is 5.56 Å². The van der Waals surface area contributed by atoms with Crippen molar-refractivity contribution in [3.05, 3.63) is 70.8 Å². The lowest BCUT2D eigenvalue weighted by Gasteiger charge is -2.55. The maximum Gasteiger partial charge on any atom is 0.278 e. The predicted molar refractivity (Wildman–Crippen MR) is 132 cm³/mol. The van der Waals surface area contributed by atoms with E-state index >= 15 is 0 Å². The van der Waals surface area contributed by atoms with Crippen LogP contribution in [0.5, 0.6) is 0 Å². The molecule has 2 saturated heterocycles. The van der Waals surface area contributed by atoms with E-state index in [0.717, 1.165) is 43.3 Å². The molecule has 0 radical (unpaired) electrons. The van der Waals surface area contributed by atoms with Crippen LogP contribution in [0.3, 0.4) is 0 Å². The predicted octanol–water partition coefficient (Wildman–Crippen LogP) is 1.00. The average molecular weight is 491 g/mol. The molecule has 2 aromatic carbocycles. The summed E-state index contributed by atoms with van der Waals surface area (Å²) in [5.74, 6) is 3.91. The van der Waals surface area contributed by atoms with E-state index in [9.17, 15) is 14.4 Å². The van der Waals surface area contributed by atoms with E-state index in [1.165, 1.54) is 32.1 Å². The molecule has 2 aromatic rings. The second-order valence-corrected chi connectivity index (χ2v) is 9.62. The van der Waals surface area contributed by atoms with Crippen LogP contribution in [0.15, 0.2) is 48.5 Å². The second-order valence-electron chi connectivity index (χ2n) is 9.62. The van der Waals surface area contributed by atoms with Crippen molar-refractivity contribution in [2.45, 2.75) is 19.0 Å². The van der Waals surface area contributed by atoms with Crippen LogP contribution in [-0.2, 0) is 20.9 Å². The first-order chi connectivity index (χ1) is 17.2. The molecule has 2 aliphatic rings. The fourth-order valence-electron chi connectivity index (χ4n) is 4.54. The van der Waals surface area contributed by atoms with Gasteiger partial charge in [-0.25, -0.2) is 5.48 Å². The Hall–Kier alpha value is -3.71. The number of likely N-dealkylation sites (N-methyl/N-ethyl adjacent to an activating group) is 2. The summed E-state index contributed by atoms with van der Waals surface area (Å²) >= 11 is 0. The quantitative estimate of drug-likeness (QED) is 0.241. The van der Waals surface area contributed by atoms with Crippen LogP contribution in [-0.4, -0.2) is 78.7 Å². The van der Waals surface area contributed by atoms with Gasteiger partial charge in [-0.1, -0.05) is 24.0 Å². The van der Waals surface area contributed by atoms with Crippen molar-refractivity contribution in [3.8, 4) is 11.8 Å². The third-order valence-electron chi connectivity index (χ3n) is 6.97. The molecule has 9 nitrogen and oxygen atoms in total. The molecule has 1 atom stereocenters. The van der Waals surface area contributed by atoms with Gasteiger partial charge in [-0.3, -0.25) is 24.5 Å². The van der Waals surface area contributed by atoms with Crippen LogP contribution in [0.2, 0.25) is 0 Å². The number of hydrogen-bond acceptors (Lipinski definition) is 6. The number of likely N-dealkylation sites (tertiary alicyclic amines) is 1. The number of nitrogens with one attached hydrogen (secondary N) is 2. The maximum atomic E-state index is 13.0. The third kappa shape index (κ3) is 4.84. The minimum Gasteiger partial charge on any atom is -0.380 e. The Labute approximate surface area is 210 Å². The zero-order valence-corrected chi connectivity index (χ0v) is 20.6. The van der Waals surface area contributed by atoms with Crippen LogP contribution in [0, 0.1) is 17.3 Å². The summed E-state index contributed by atoms with van der Waals surface area (Å²) in [6.07, 6.45) is 0. The van der Waals surface area contributed by atoms with Crippen molar-refractivity contribution >= 4 is 17.7 Å². The second kappa shape index (κ2) is 10.1. The van der Waals surface area contributed by atoms with E-state index in [1.807, 2.05) is 12.1 Å². The number of hydrogen-bond donors (Lipinski definition) is 3. The molecule has 4 rings (SSSR count). The standard InChI is InChI=1S/C27H30N4O5/c1-26(24(33)28-2,25(34)29-35)30(3)23(32)22-12-10-20(11-13-22)5-4-19-6-8-21(9-7-19)14-31-15-27(16-31)17-36-18-27/h6-13,35H,14-18H2,1-3H3,(H,28,33)(H,29,34)/t26-/m0/s1. The Bertz CT molecular complexity index is 1190. The van der Waals surface area contributed by atoms with Gasteiger partial charge in [0.25, 0.3) is 17.7 Å². The smallest absolute Gasteiger partial charge is 0.278 e. The number of rotatable bonds is 6. The molecule has 2 aliphatic heterocycles. The minimum atomic E-state index is -1.94. The molecule has 2 heterocycles. The molecular formula is C27H30N4O5. The van der Waals surface area contributed by atoms with Crippen molar-refractivity contribution in [2.75, 3.05) is 40.4 Å². The van der Waals surface area contributed by atoms with Gasteiger partial charge >= 0.3 is 0 Å². The Morgan fingerprint density at radius 3 is 2.06 bits per heavy atom. The van der Waals surface area contributed by atoms with Gasteiger partial charge in [-0.15, -0.1) is 0 Å². The van der Waals surface area contributed by atoms with Crippen molar-refractivity contribution in [3.63, 3.8) is 0 Å². The first-order valence-electron chi connectivity index (χ1n) is 11.7. The molecule has 9 heteroatoms. The molecule has 188 valence electrons. The summed E-state index contributed by atoms with van der Waals surface area (Å²) in [5, 5.41) is 11.4. The van der Waals surface area contributed by atoms with Crippen molar-refractivity contribution in [1.82, 2.24) is 20.6 Å². The highest BCUT2D eigenvalue weighted by atomic mass is 16.5. The van der Waals surface area contributed by atoms with Gasteiger partial charge in [-0.2, -0.15) is 0 Å². The average Bonchev–Trinajstić information content (AvgIpc) is 2.86. The number of amides is 3. The van der Waals surface area contributed by atoms with Gasteiger partial charge in [0, 0.05) is 55.8 Å². The van der Waals surface area contributed by atoms with Crippen molar-refractivity contribution < 1.29 is 24.3 Å². The molecule has 1 spiro atoms. The molecule has 0 bridgehead atoms. The summed E-state index contributed by atoms with van der Waals surface area (Å²) in [7, 11) is 2.67. The summed E-state index contributed by atoms with van der Waals surface area (Å²) in [6, 6.07) is 14.8. The summed E-state index contributed by atoms with van der Waals surface area (Å²) in [4.78, 5) is 40.9. The Balaban J connectivity index is 1.38. The van der Waals surface area contributed by atoms with Crippen molar-refractivity contribution in [1.29, 1.82) is 0 Å². The topological polar surface area (TPSA) is 111 Å². The zero-order chi connectivity index (χ0) is 25.9. The monoisotopic (exact) mass is 490 g/mol. The SMILES string of the molecule is CNC(=O)[C@@](C)(C(=O)NO)N(C)C(=O)c1ccc(C#Cc2ccc(CN3CC4(COC4)C3)cc2)cc1. The first kappa shape index (κ1) is 25.4. The molecule has 36 heavy (non-hydrogen) atoms. The normalized spacial score (nSPS) is 17.4. The molecule has 3 amide bonds. The Morgan fingerprint density at radius 2 is 1.58 bits per heavy atom. The van der Waals surface area contributed by atoms with E-state index < -0.39 is 23.3 Å². The number of hydroxylamine groups is 1. The van der Waals surface area contributed by atoms with Gasteiger partial charge in [0.15, 0.2) is 5.54 Å². The molecule has 0 aromatic heterocycles. The first-order valence-corrected chi connectivity index (χ1v) is 11.7. The number of carbonyl (C=O) groups is 3.